The van der Waals surface area contributed by atoms with E-state index in [1.165, 1.54) is 0 Å². The molecular formula is C20H31N3O2. The lowest BCUT2D eigenvalue weighted by Crippen LogP contribution is -2.50. The molecule has 0 bridgehead atoms. The normalized spacial score (nSPS) is 27.5. The number of rotatable bonds is 4. The summed E-state index contributed by atoms with van der Waals surface area (Å²) in [5.41, 5.74) is 1.86. The number of nitrogens with zero attached hydrogens (tertiary/aromatic N) is 3. The van der Waals surface area contributed by atoms with Gasteiger partial charge in [-0.3, -0.25) is 9.69 Å². The first-order valence-electron chi connectivity index (χ1n) is 9.40. The van der Waals surface area contributed by atoms with E-state index in [0.717, 1.165) is 50.3 Å². The van der Waals surface area contributed by atoms with Crippen LogP contribution >= 0.6 is 0 Å². The van der Waals surface area contributed by atoms with E-state index in [4.69, 9.17) is 4.74 Å². The Labute approximate surface area is 151 Å². The monoisotopic (exact) mass is 345 g/mol. The van der Waals surface area contributed by atoms with Gasteiger partial charge >= 0.3 is 0 Å². The van der Waals surface area contributed by atoms with Gasteiger partial charge < -0.3 is 14.5 Å². The molecule has 0 spiro atoms. The highest BCUT2D eigenvalue weighted by Crippen LogP contribution is 2.24. The van der Waals surface area contributed by atoms with E-state index in [1.807, 2.05) is 43.3 Å². The van der Waals surface area contributed by atoms with E-state index in [0.29, 0.717) is 6.04 Å². The maximum Gasteiger partial charge on any atom is 0.254 e. The van der Waals surface area contributed by atoms with Crippen LogP contribution < -0.4 is 4.90 Å². The molecule has 25 heavy (non-hydrogen) atoms. The van der Waals surface area contributed by atoms with Gasteiger partial charge in [-0.25, -0.2) is 0 Å². The van der Waals surface area contributed by atoms with Gasteiger partial charge in [-0.15, -0.1) is 0 Å². The van der Waals surface area contributed by atoms with Crippen LogP contribution in [0.3, 0.4) is 0 Å². The highest BCUT2D eigenvalue weighted by Gasteiger charge is 2.32. The average Bonchev–Trinajstić information content (AvgIpc) is 3.01. The predicted molar refractivity (Wildman–Crippen MR) is 101 cm³/mol. The molecule has 1 amide bonds. The molecule has 0 saturated carbocycles. The molecule has 1 aromatic carbocycles. The number of amides is 1. The summed E-state index contributed by atoms with van der Waals surface area (Å²) >= 11 is 0. The van der Waals surface area contributed by atoms with Crippen molar-refractivity contribution in [1.29, 1.82) is 0 Å². The third-order valence-corrected chi connectivity index (χ3v) is 5.21. The fourth-order valence-corrected chi connectivity index (χ4v) is 4.11. The van der Waals surface area contributed by atoms with E-state index in [1.54, 1.807) is 0 Å². The van der Waals surface area contributed by atoms with Crippen molar-refractivity contribution in [2.75, 3.05) is 45.2 Å². The summed E-state index contributed by atoms with van der Waals surface area (Å²) in [4.78, 5) is 19.6. The summed E-state index contributed by atoms with van der Waals surface area (Å²) in [6.07, 6.45) is 2.73. The van der Waals surface area contributed by atoms with E-state index in [-0.39, 0.29) is 18.1 Å². The number of anilines is 1. The minimum absolute atomic E-state index is 0.167. The minimum Gasteiger partial charge on any atom is -0.378 e. The van der Waals surface area contributed by atoms with Gasteiger partial charge in [-0.2, -0.15) is 0 Å². The molecule has 2 saturated heterocycles. The lowest BCUT2D eigenvalue weighted by molar-refractivity contribution is -0.0715. The smallest absolute Gasteiger partial charge is 0.254 e. The third kappa shape index (κ3) is 4.33. The first-order valence-corrected chi connectivity index (χ1v) is 9.40. The Bertz CT molecular complexity index is 594. The van der Waals surface area contributed by atoms with Gasteiger partial charge in [0.2, 0.25) is 0 Å². The summed E-state index contributed by atoms with van der Waals surface area (Å²) in [7, 11) is 4.01. The summed E-state index contributed by atoms with van der Waals surface area (Å²) in [6, 6.07) is 8.25. The van der Waals surface area contributed by atoms with Gasteiger partial charge in [-0.1, -0.05) is 6.07 Å². The lowest BCUT2D eigenvalue weighted by Gasteiger charge is -2.38. The molecule has 5 heteroatoms. The number of ether oxygens (including phenoxy) is 1. The van der Waals surface area contributed by atoms with Crippen LogP contribution in [0.1, 0.15) is 37.0 Å². The molecule has 2 heterocycles. The minimum atomic E-state index is 0.167. The topological polar surface area (TPSA) is 36.0 Å². The van der Waals surface area contributed by atoms with Crippen LogP contribution in [-0.4, -0.2) is 74.2 Å². The molecule has 138 valence electrons. The summed E-state index contributed by atoms with van der Waals surface area (Å²) in [5, 5.41) is 0. The summed E-state index contributed by atoms with van der Waals surface area (Å²) in [6.45, 7) is 8.00. The van der Waals surface area contributed by atoms with Gasteiger partial charge in [0.15, 0.2) is 0 Å². The number of morpholine rings is 1. The zero-order valence-electron chi connectivity index (χ0n) is 15.9. The molecule has 0 aromatic heterocycles. The average molecular weight is 345 g/mol. The summed E-state index contributed by atoms with van der Waals surface area (Å²) in [5.74, 6) is 0.167. The number of hydrogen-bond acceptors (Lipinski definition) is 4. The van der Waals surface area contributed by atoms with Crippen LogP contribution in [0.2, 0.25) is 0 Å². The third-order valence-electron chi connectivity index (χ3n) is 5.21. The first-order chi connectivity index (χ1) is 11.9. The molecular weight excluding hydrogens is 314 g/mol. The Morgan fingerprint density at radius 2 is 1.96 bits per heavy atom. The molecule has 3 atom stereocenters. The van der Waals surface area contributed by atoms with Gasteiger partial charge in [-0.05, 0) is 44.9 Å². The molecule has 2 aliphatic heterocycles. The Morgan fingerprint density at radius 3 is 2.64 bits per heavy atom. The Balaban J connectivity index is 1.68. The highest BCUT2D eigenvalue weighted by molar-refractivity contribution is 5.95. The summed E-state index contributed by atoms with van der Waals surface area (Å²) < 4.78 is 5.83. The zero-order chi connectivity index (χ0) is 18.0. The second-order valence-corrected chi connectivity index (χ2v) is 7.72. The van der Waals surface area contributed by atoms with Crippen molar-refractivity contribution in [2.24, 2.45) is 0 Å². The quantitative estimate of drug-likeness (QED) is 0.840. The second kappa shape index (κ2) is 7.75. The van der Waals surface area contributed by atoms with Crippen LogP contribution in [0.25, 0.3) is 0 Å². The lowest BCUT2D eigenvalue weighted by atomic mass is 10.1. The second-order valence-electron chi connectivity index (χ2n) is 7.72. The van der Waals surface area contributed by atoms with Gasteiger partial charge in [0.05, 0.1) is 12.2 Å². The standard InChI is InChI=1S/C20H31N3O2/c1-15-12-22(13-16(2)25-15)14-19-9-6-10-23(19)20(24)17-7-5-8-18(11-17)21(3)4/h5,7-8,11,15-16,19H,6,9-10,12-14H2,1-4H3/t15-,16-,19-/m1/s1. The van der Waals surface area contributed by atoms with Crippen molar-refractivity contribution in [3.8, 4) is 0 Å². The maximum atomic E-state index is 13.1. The Morgan fingerprint density at radius 1 is 1.24 bits per heavy atom. The van der Waals surface area contributed by atoms with Crippen LogP contribution in [0.4, 0.5) is 5.69 Å². The number of carbonyl (C=O) groups is 1. The van der Waals surface area contributed by atoms with Crippen molar-refractivity contribution >= 4 is 11.6 Å². The fourth-order valence-electron chi connectivity index (χ4n) is 4.11. The molecule has 0 radical (unpaired) electrons. The largest absolute Gasteiger partial charge is 0.378 e. The molecule has 3 rings (SSSR count). The Hall–Kier alpha value is -1.59. The van der Waals surface area contributed by atoms with Gasteiger partial charge in [0.25, 0.3) is 5.91 Å². The number of hydrogen-bond donors (Lipinski definition) is 0. The molecule has 2 aliphatic rings. The van der Waals surface area contributed by atoms with Crippen molar-refractivity contribution < 1.29 is 9.53 Å². The fraction of sp³-hybridized carbons (Fsp3) is 0.650. The SMILES string of the molecule is C[C@@H]1CN(C[C@H]2CCCN2C(=O)c2cccc(N(C)C)c2)C[C@@H](C)O1. The van der Waals surface area contributed by atoms with Crippen molar-refractivity contribution in [3.63, 3.8) is 0 Å². The number of benzene rings is 1. The van der Waals surface area contributed by atoms with E-state index >= 15 is 0 Å². The Kier molecular flexibility index (Phi) is 5.64. The van der Waals surface area contributed by atoms with Crippen LogP contribution in [0.5, 0.6) is 0 Å². The molecule has 0 N–H and O–H groups in total. The van der Waals surface area contributed by atoms with Crippen molar-refractivity contribution in [1.82, 2.24) is 9.80 Å². The molecule has 5 nitrogen and oxygen atoms in total. The van der Waals surface area contributed by atoms with Gasteiger partial charge in [0.1, 0.15) is 0 Å². The van der Waals surface area contributed by atoms with Crippen LogP contribution in [-0.2, 0) is 4.74 Å². The van der Waals surface area contributed by atoms with E-state index < -0.39 is 0 Å². The number of carbonyl (C=O) groups excluding carboxylic acids is 1. The van der Waals surface area contributed by atoms with E-state index in [2.05, 4.69) is 23.6 Å². The molecule has 1 aromatic rings. The highest BCUT2D eigenvalue weighted by atomic mass is 16.5. The number of likely N-dealkylation sites (tertiary alicyclic amines) is 1. The molecule has 0 aliphatic carbocycles. The zero-order valence-corrected chi connectivity index (χ0v) is 15.9. The van der Waals surface area contributed by atoms with Gasteiger partial charge in [0, 0.05) is 57.6 Å². The van der Waals surface area contributed by atoms with E-state index in [9.17, 15) is 4.79 Å². The van der Waals surface area contributed by atoms with Crippen molar-refractivity contribution in [3.05, 3.63) is 29.8 Å². The molecule has 0 unspecified atom stereocenters. The van der Waals surface area contributed by atoms with Crippen LogP contribution in [0, 0.1) is 0 Å². The maximum absolute atomic E-state index is 13.1. The van der Waals surface area contributed by atoms with Crippen molar-refractivity contribution in [2.45, 2.75) is 44.9 Å². The van der Waals surface area contributed by atoms with Crippen LogP contribution in [0.15, 0.2) is 24.3 Å². The predicted octanol–water partition coefficient (Wildman–Crippen LogP) is 2.47. The molecule has 2 fully saturated rings. The first kappa shape index (κ1) is 18.2.